The number of carbonyl (C=O) groups is 2. The standard InChI is InChI=1S/C12H23NO4/c1-3-4-11(14)5-6-12(15)13-7-8-17-10-9-16-2/h3-10H2,1-2H3,(H,13,15). The third-order valence-corrected chi connectivity index (χ3v) is 2.16. The predicted octanol–water partition coefficient (Wildman–Crippen LogP) is 0.915. The van der Waals surface area contributed by atoms with Gasteiger partial charge < -0.3 is 14.8 Å². The smallest absolute Gasteiger partial charge is 0.220 e. The summed E-state index contributed by atoms with van der Waals surface area (Å²) in [5, 5.41) is 2.70. The van der Waals surface area contributed by atoms with Crippen molar-refractivity contribution >= 4 is 11.7 Å². The zero-order chi connectivity index (χ0) is 12.9. The lowest BCUT2D eigenvalue weighted by atomic mass is 10.1. The van der Waals surface area contributed by atoms with Crippen LogP contribution < -0.4 is 5.32 Å². The van der Waals surface area contributed by atoms with Gasteiger partial charge in [0.05, 0.1) is 19.8 Å². The van der Waals surface area contributed by atoms with Crippen LogP contribution in [0.1, 0.15) is 32.6 Å². The van der Waals surface area contributed by atoms with E-state index < -0.39 is 0 Å². The molecular formula is C12H23NO4. The van der Waals surface area contributed by atoms with Crippen LogP contribution in [0.3, 0.4) is 0 Å². The Hall–Kier alpha value is -0.940. The highest BCUT2D eigenvalue weighted by Gasteiger charge is 2.05. The van der Waals surface area contributed by atoms with Crippen molar-refractivity contribution < 1.29 is 19.1 Å². The van der Waals surface area contributed by atoms with Crippen molar-refractivity contribution in [3.8, 4) is 0 Å². The van der Waals surface area contributed by atoms with Crippen molar-refractivity contribution in [3.05, 3.63) is 0 Å². The Morgan fingerprint density at radius 2 is 1.82 bits per heavy atom. The molecule has 0 unspecified atom stereocenters. The lowest BCUT2D eigenvalue weighted by molar-refractivity contribution is -0.125. The number of ether oxygens (including phenoxy) is 2. The van der Waals surface area contributed by atoms with Crippen LogP contribution >= 0.6 is 0 Å². The molecule has 0 aliphatic heterocycles. The summed E-state index contributed by atoms with van der Waals surface area (Å²) in [6.07, 6.45) is 2.02. The van der Waals surface area contributed by atoms with E-state index in [0.717, 1.165) is 6.42 Å². The van der Waals surface area contributed by atoms with Crippen LogP contribution in [0.25, 0.3) is 0 Å². The minimum atomic E-state index is -0.0928. The molecule has 0 aromatic carbocycles. The van der Waals surface area contributed by atoms with E-state index >= 15 is 0 Å². The van der Waals surface area contributed by atoms with E-state index in [-0.39, 0.29) is 18.1 Å². The lowest BCUT2D eigenvalue weighted by Gasteiger charge is -2.05. The molecule has 1 amide bonds. The van der Waals surface area contributed by atoms with Gasteiger partial charge in [0, 0.05) is 32.9 Å². The highest BCUT2D eigenvalue weighted by molar-refractivity contribution is 5.84. The summed E-state index contributed by atoms with van der Waals surface area (Å²) >= 11 is 0. The van der Waals surface area contributed by atoms with Gasteiger partial charge in [-0.15, -0.1) is 0 Å². The number of methoxy groups -OCH3 is 1. The fourth-order valence-electron chi connectivity index (χ4n) is 1.25. The van der Waals surface area contributed by atoms with Crippen LogP contribution in [0.2, 0.25) is 0 Å². The Morgan fingerprint density at radius 1 is 1.06 bits per heavy atom. The van der Waals surface area contributed by atoms with Crippen molar-refractivity contribution in [3.63, 3.8) is 0 Å². The van der Waals surface area contributed by atoms with Crippen LogP contribution in [0, 0.1) is 0 Å². The monoisotopic (exact) mass is 245 g/mol. The predicted molar refractivity (Wildman–Crippen MR) is 64.9 cm³/mol. The number of carbonyl (C=O) groups excluding carboxylic acids is 2. The molecule has 0 aromatic rings. The molecule has 0 aromatic heterocycles. The van der Waals surface area contributed by atoms with Gasteiger partial charge in [-0.2, -0.15) is 0 Å². The van der Waals surface area contributed by atoms with Crippen LogP contribution in [-0.4, -0.2) is 45.2 Å². The molecular weight excluding hydrogens is 222 g/mol. The Balaban J connectivity index is 3.31. The van der Waals surface area contributed by atoms with E-state index in [4.69, 9.17) is 9.47 Å². The van der Waals surface area contributed by atoms with Gasteiger partial charge >= 0.3 is 0 Å². The van der Waals surface area contributed by atoms with Crippen molar-refractivity contribution in [2.45, 2.75) is 32.6 Å². The van der Waals surface area contributed by atoms with Crippen molar-refractivity contribution in [1.29, 1.82) is 0 Å². The lowest BCUT2D eigenvalue weighted by Crippen LogP contribution is -2.27. The molecule has 0 fully saturated rings. The Kier molecular flexibility index (Phi) is 10.9. The summed E-state index contributed by atoms with van der Waals surface area (Å²) in [6.45, 7) is 3.98. The third kappa shape index (κ3) is 11.3. The number of hydrogen-bond donors (Lipinski definition) is 1. The van der Waals surface area contributed by atoms with E-state index in [0.29, 0.717) is 39.2 Å². The minimum absolute atomic E-state index is 0.0928. The molecule has 0 saturated heterocycles. The molecule has 5 nitrogen and oxygen atoms in total. The maximum absolute atomic E-state index is 11.3. The molecule has 0 aliphatic rings. The highest BCUT2D eigenvalue weighted by Crippen LogP contribution is 1.97. The van der Waals surface area contributed by atoms with E-state index in [2.05, 4.69) is 5.32 Å². The quantitative estimate of drug-likeness (QED) is 0.550. The van der Waals surface area contributed by atoms with Crippen molar-refractivity contribution in [2.24, 2.45) is 0 Å². The third-order valence-electron chi connectivity index (χ3n) is 2.16. The summed E-state index contributed by atoms with van der Waals surface area (Å²) in [6, 6.07) is 0. The van der Waals surface area contributed by atoms with E-state index in [1.165, 1.54) is 0 Å². The van der Waals surface area contributed by atoms with Gasteiger partial charge in [0.1, 0.15) is 5.78 Å². The summed E-state index contributed by atoms with van der Waals surface area (Å²) in [4.78, 5) is 22.5. The number of Topliss-reactive ketones (excluding diaryl/α,β-unsaturated/α-hetero) is 1. The number of ketones is 1. The van der Waals surface area contributed by atoms with E-state index in [1.54, 1.807) is 7.11 Å². The summed E-state index contributed by atoms with van der Waals surface area (Å²) in [5.41, 5.74) is 0. The molecule has 0 spiro atoms. The molecule has 0 rings (SSSR count). The van der Waals surface area contributed by atoms with Crippen LogP contribution in [0.4, 0.5) is 0 Å². The summed E-state index contributed by atoms with van der Waals surface area (Å²) in [5.74, 6) is 0.0591. The summed E-state index contributed by atoms with van der Waals surface area (Å²) < 4.78 is 9.99. The number of nitrogens with one attached hydrogen (secondary N) is 1. The zero-order valence-corrected chi connectivity index (χ0v) is 10.8. The van der Waals surface area contributed by atoms with Crippen LogP contribution in [0.15, 0.2) is 0 Å². The number of amides is 1. The molecule has 0 bridgehead atoms. The van der Waals surface area contributed by atoms with Gasteiger partial charge in [-0.1, -0.05) is 6.92 Å². The molecule has 1 N–H and O–H groups in total. The molecule has 100 valence electrons. The molecule has 0 aliphatic carbocycles. The van der Waals surface area contributed by atoms with Crippen molar-refractivity contribution in [2.75, 3.05) is 33.5 Å². The first-order chi connectivity index (χ1) is 8.20. The topological polar surface area (TPSA) is 64.6 Å². The van der Waals surface area contributed by atoms with E-state index in [1.807, 2.05) is 6.92 Å². The fraction of sp³-hybridized carbons (Fsp3) is 0.833. The average Bonchev–Trinajstić information content (AvgIpc) is 2.31. The second-order valence-corrected chi connectivity index (χ2v) is 3.74. The average molecular weight is 245 g/mol. The number of hydrogen-bond acceptors (Lipinski definition) is 4. The normalized spacial score (nSPS) is 10.2. The highest BCUT2D eigenvalue weighted by atomic mass is 16.5. The van der Waals surface area contributed by atoms with Gasteiger partial charge in [0.15, 0.2) is 0 Å². The fourth-order valence-corrected chi connectivity index (χ4v) is 1.25. The maximum Gasteiger partial charge on any atom is 0.220 e. The SMILES string of the molecule is CCCC(=O)CCC(=O)NCCOCCOC. The van der Waals surface area contributed by atoms with Gasteiger partial charge in [-0.25, -0.2) is 0 Å². The Morgan fingerprint density at radius 3 is 2.47 bits per heavy atom. The first-order valence-electron chi connectivity index (χ1n) is 6.05. The van der Waals surface area contributed by atoms with E-state index in [9.17, 15) is 9.59 Å². The maximum atomic E-state index is 11.3. The molecule has 0 saturated carbocycles. The van der Waals surface area contributed by atoms with Gasteiger partial charge in [0.2, 0.25) is 5.91 Å². The first kappa shape index (κ1) is 16.1. The molecule has 0 radical (unpaired) electrons. The minimum Gasteiger partial charge on any atom is -0.382 e. The largest absolute Gasteiger partial charge is 0.382 e. The molecule has 5 heteroatoms. The molecule has 0 atom stereocenters. The van der Waals surface area contributed by atoms with Crippen LogP contribution in [0.5, 0.6) is 0 Å². The number of rotatable bonds is 11. The van der Waals surface area contributed by atoms with Gasteiger partial charge in [-0.05, 0) is 6.42 Å². The van der Waals surface area contributed by atoms with Gasteiger partial charge in [-0.3, -0.25) is 9.59 Å². The second kappa shape index (κ2) is 11.5. The molecule has 0 heterocycles. The second-order valence-electron chi connectivity index (χ2n) is 3.74. The Labute approximate surface area is 103 Å². The zero-order valence-electron chi connectivity index (χ0n) is 10.8. The summed E-state index contributed by atoms with van der Waals surface area (Å²) in [7, 11) is 1.61. The van der Waals surface area contributed by atoms with Crippen molar-refractivity contribution in [1.82, 2.24) is 5.32 Å². The first-order valence-corrected chi connectivity index (χ1v) is 6.05. The van der Waals surface area contributed by atoms with Crippen LogP contribution in [-0.2, 0) is 19.1 Å². The molecule has 17 heavy (non-hydrogen) atoms. The Bertz CT molecular complexity index is 219. The van der Waals surface area contributed by atoms with Gasteiger partial charge in [0.25, 0.3) is 0 Å².